The normalized spacial score (nSPS) is 14.7. The second-order valence-electron chi connectivity index (χ2n) is 6.18. The van der Waals surface area contributed by atoms with Gasteiger partial charge in [0.2, 0.25) is 0 Å². The number of carbonyl (C=O) groups excluding carboxylic acids is 1. The van der Waals surface area contributed by atoms with Crippen LogP contribution in [-0.2, 0) is 0 Å². The van der Waals surface area contributed by atoms with Crippen molar-refractivity contribution >= 4 is 5.91 Å². The molecule has 1 aliphatic rings. The maximum absolute atomic E-state index is 13.1. The number of ether oxygens (including phenoxy) is 2. The van der Waals surface area contributed by atoms with Gasteiger partial charge < -0.3 is 19.5 Å². The summed E-state index contributed by atoms with van der Waals surface area (Å²) in [5.74, 6) is 0.983. The Bertz CT molecular complexity index is 728. The fourth-order valence-electron chi connectivity index (χ4n) is 2.88. The first kappa shape index (κ1) is 17.3. The van der Waals surface area contributed by atoms with Gasteiger partial charge in [-0.05, 0) is 30.5 Å². The lowest BCUT2D eigenvalue weighted by Crippen LogP contribution is -2.36. The first-order valence-electron chi connectivity index (χ1n) is 8.40. The van der Waals surface area contributed by atoms with Crippen molar-refractivity contribution in [3.63, 3.8) is 0 Å². The lowest BCUT2D eigenvalue weighted by molar-refractivity contribution is 0.0600. The average Bonchev–Trinajstić information content (AvgIpc) is 3.50. The molecule has 0 aromatic heterocycles. The Kier molecular flexibility index (Phi) is 5.24. The highest BCUT2D eigenvalue weighted by Crippen LogP contribution is 2.33. The molecule has 5 heteroatoms. The Labute approximate surface area is 147 Å². The van der Waals surface area contributed by atoms with Crippen molar-refractivity contribution in [1.82, 2.24) is 4.90 Å². The quantitative estimate of drug-likeness (QED) is 0.841. The van der Waals surface area contributed by atoms with E-state index in [2.05, 4.69) is 0 Å². The molecule has 1 fully saturated rings. The third kappa shape index (κ3) is 3.94. The second kappa shape index (κ2) is 7.57. The van der Waals surface area contributed by atoms with E-state index in [1.54, 1.807) is 30.2 Å². The number of aliphatic hydroxyl groups is 1. The Morgan fingerprint density at radius 3 is 2.48 bits per heavy atom. The van der Waals surface area contributed by atoms with Crippen molar-refractivity contribution in [2.75, 3.05) is 20.8 Å². The van der Waals surface area contributed by atoms with Gasteiger partial charge in [-0.15, -0.1) is 0 Å². The summed E-state index contributed by atoms with van der Waals surface area (Å²) in [5.41, 5.74) is 1.29. The number of nitrogens with zero attached hydrogens (tertiary/aromatic N) is 1. The number of methoxy groups -OCH3 is 2. The van der Waals surface area contributed by atoms with E-state index in [0.717, 1.165) is 18.4 Å². The summed E-state index contributed by atoms with van der Waals surface area (Å²) in [6.07, 6.45) is 1.22. The average molecular weight is 341 g/mol. The minimum absolute atomic E-state index is 0.128. The summed E-state index contributed by atoms with van der Waals surface area (Å²) in [4.78, 5) is 14.8. The standard InChI is InChI=1S/C20H23NO4/c1-24-16-10-11-17(19(12-16)25-2)20(23)21(15-8-9-15)13-18(22)14-6-4-3-5-7-14/h3-7,10-12,15,18,22H,8-9,13H2,1-2H3/t18-/m1/s1. The second-order valence-corrected chi connectivity index (χ2v) is 6.18. The fraction of sp³-hybridized carbons (Fsp3) is 0.350. The predicted octanol–water partition coefficient (Wildman–Crippen LogP) is 3.04. The van der Waals surface area contributed by atoms with E-state index >= 15 is 0 Å². The van der Waals surface area contributed by atoms with Gasteiger partial charge in [-0.2, -0.15) is 0 Å². The van der Waals surface area contributed by atoms with E-state index in [1.165, 1.54) is 7.11 Å². The van der Waals surface area contributed by atoms with Gasteiger partial charge in [0.1, 0.15) is 11.5 Å². The summed E-state index contributed by atoms with van der Waals surface area (Å²) < 4.78 is 10.5. The van der Waals surface area contributed by atoms with Crippen LogP contribution in [0, 0.1) is 0 Å². The molecule has 0 spiro atoms. The van der Waals surface area contributed by atoms with Crippen LogP contribution in [0.3, 0.4) is 0 Å². The van der Waals surface area contributed by atoms with Crippen LogP contribution < -0.4 is 9.47 Å². The van der Waals surface area contributed by atoms with Gasteiger partial charge in [0.15, 0.2) is 0 Å². The monoisotopic (exact) mass is 341 g/mol. The lowest BCUT2D eigenvalue weighted by atomic mass is 10.1. The van der Waals surface area contributed by atoms with Crippen molar-refractivity contribution < 1.29 is 19.4 Å². The third-order valence-electron chi connectivity index (χ3n) is 4.44. The molecule has 2 aromatic carbocycles. The van der Waals surface area contributed by atoms with E-state index in [0.29, 0.717) is 17.1 Å². The number of hydrogen-bond acceptors (Lipinski definition) is 4. The van der Waals surface area contributed by atoms with Crippen LogP contribution >= 0.6 is 0 Å². The Hall–Kier alpha value is -2.53. The minimum Gasteiger partial charge on any atom is -0.497 e. The fourth-order valence-corrected chi connectivity index (χ4v) is 2.88. The number of aliphatic hydroxyl groups excluding tert-OH is 1. The van der Waals surface area contributed by atoms with Crippen LogP contribution in [0.1, 0.15) is 34.9 Å². The zero-order chi connectivity index (χ0) is 17.8. The molecular weight excluding hydrogens is 318 g/mol. The van der Waals surface area contributed by atoms with E-state index in [4.69, 9.17) is 9.47 Å². The van der Waals surface area contributed by atoms with Crippen LogP contribution in [0.4, 0.5) is 0 Å². The van der Waals surface area contributed by atoms with Gasteiger partial charge in [-0.3, -0.25) is 4.79 Å². The molecule has 25 heavy (non-hydrogen) atoms. The van der Waals surface area contributed by atoms with Crippen LogP contribution in [-0.4, -0.2) is 42.7 Å². The number of rotatable bonds is 7. The molecule has 0 unspecified atom stereocenters. The summed E-state index contributed by atoms with van der Waals surface area (Å²) in [5, 5.41) is 10.5. The molecule has 1 atom stereocenters. The highest BCUT2D eigenvalue weighted by molar-refractivity contribution is 5.97. The zero-order valence-electron chi connectivity index (χ0n) is 14.5. The first-order chi connectivity index (χ1) is 12.1. The smallest absolute Gasteiger partial charge is 0.257 e. The van der Waals surface area contributed by atoms with E-state index < -0.39 is 6.10 Å². The molecular formula is C20H23NO4. The Balaban J connectivity index is 1.82. The van der Waals surface area contributed by atoms with E-state index in [9.17, 15) is 9.90 Å². The molecule has 1 saturated carbocycles. The summed E-state index contributed by atoms with van der Waals surface area (Å²) >= 11 is 0. The van der Waals surface area contributed by atoms with Crippen molar-refractivity contribution in [1.29, 1.82) is 0 Å². The molecule has 0 heterocycles. The topological polar surface area (TPSA) is 59.0 Å². The van der Waals surface area contributed by atoms with Gasteiger partial charge in [0.05, 0.1) is 32.4 Å². The molecule has 0 bridgehead atoms. The molecule has 5 nitrogen and oxygen atoms in total. The molecule has 0 saturated heterocycles. The molecule has 0 radical (unpaired) electrons. The molecule has 132 valence electrons. The first-order valence-corrected chi connectivity index (χ1v) is 8.40. The summed E-state index contributed by atoms with van der Waals surface area (Å²) in [7, 11) is 3.11. The van der Waals surface area contributed by atoms with Gasteiger partial charge in [-0.25, -0.2) is 0 Å². The van der Waals surface area contributed by atoms with Crippen molar-refractivity contribution in [3.8, 4) is 11.5 Å². The molecule has 1 amide bonds. The van der Waals surface area contributed by atoms with Crippen LogP contribution in [0.5, 0.6) is 11.5 Å². The summed E-state index contributed by atoms with van der Waals surface area (Å²) in [6, 6.07) is 14.7. The molecule has 2 aromatic rings. The molecule has 0 aliphatic heterocycles. The largest absolute Gasteiger partial charge is 0.497 e. The highest BCUT2D eigenvalue weighted by Gasteiger charge is 2.35. The van der Waals surface area contributed by atoms with Crippen molar-refractivity contribution in [2.24, 2.45) is 0 Å². The van der Waals surface area contributed by atoms with Gasteiger partial charge in [0.25, 0.3) is 5.91 Å². The third-order valence-corrected chi connectivity index (χ3v) is 4.44. The van der Waals surface area contributed by atoms with E-state index in [-0.39, 0.29) is 18.5 Å². The number of hydrogen-bond donors (Lipinski definition) is 1. The maximum Gasteiger partial charge on any atom is 0.257 e. The minimum atomic E-state index is -0.713. The van der Waals surface area contributed by atoms with Crippen LogP contribution in [0.15, 0.2) is 48.5 Å². The molecule has 3 rings (SSSR count). The Morgan fingerprint density at radius 2 is 1.88 bits per heavy atom. The lowest BCUT2D eigenvalue weighted by Gasteiger charge is -2.26. The molecule has 1 N–H and O–H groups in total. The predicted molar refractivity (Wildman–Crippen MR) is 95.0 cm³/mol. The zero-order valence-corrected chi connectivity index (χ0v) is 14.5. The van der Waals surface area contributed by atoms with Gasteiger partial charge in [-0.1, -0.05) is 30.3 Å². The van der Waals surface area contributed by atoms with Crippen molar-refractivity contribution in [2.45, 2.75) is 25.0 Å². The molecule has 1 aliphatic carbocycles. The van der Waals surface area contributed by atoms with E-state index in [1.807, 2.05) is 30.3 Å². The Morgan fingerprint density at radius 1 is 1.16 bits per heavy atom. The maximum atomic E-state index is 13.1. The number of benzene rings is 2. The van der Waals surface area contributed by atoms with Crippen LogP contribution in [0.2, 0.25) is 0 Å². The van der Waals surface area contributed by atoms with Gasteiger partial charge in [0, 0.05) is 12.1 Å². The number of amides is 1. The highest BCUT2D eigenvalue weighted by atomic mass is 16.5. The van der Waals surface area contributed by atoms with Crippen LogP contribution in [0.25, 0.3) is 0 Å². The SMILES string of the molecule is COc1ccc(C(=O)N(C[C@@H](O)c2ccccc2)C2CC2)c(OC)c1. The van der Waals surface area contributed by atoms with Crippen molar-refractivity contribution in [3.05, 3.63) is 59.7 Å². The van der Waals surface area contributed by atoms with Gasteiger partial charge >= 0.3 is 0 Å². The summed E-state index contributed by atoms with van der Waals surface area (Å²) in [6.45, 7) is 0.267. The number of carbonyl (C=O) groups is 1.